The van der Waals surface area contributed by atoms with Crippen LogP contribution in [0.2, 0.25) is 0 Å². The van der Waals surface area contributed by atoms with Crippen molar-refractivity contribution < 1.29 is 14.6 Å². The summed E-state index contributed by atoms with van der Waals surface area (Å²) in [5.74, 6) is 1.69. The van der Waals surface area contributed by atoms with Gasteiger partial charge in [0.25, 0.3) is 0 Å². The van der Waals surface area contributed by atoms with Crippen LogP contribution in [0, 0.1) is 0 Å². The van der Waals surface area contributed by atoms with Crippen molar-refractivity contribution in [2.24, 2.45) is 0 Å². The van der Waals surface area contributed by atoms with E-state index in [0.717, 1.165) is 35.9 Å². The Bertz CT molecular complexity index is 816. The molecule has 0 amide bonds. The van der Waals surface area contributed by atoms with Gasteiger partial charge in [-0.3, -0.25) is 4.79 Å². The zero-order chi connectivity index (χ0) is 19.6. The van der Waals surface area contributed by atoms with E-state index in [0.29, 0.717) is 13.0 Å². The van der Waals surface area contributed by atoms with Crippen molar-refractivity contribution in [3.05, 3.63) is 78.6 Å². The Labute approximate surface area is 164 Å². The normalized spacial score (nSPS) is 10.4. The van der Waals surface area contributed by atoms with Crippen LogP contribution in [0.25, 0.3) is 0 Å². The molecule has 3 aromatic rings. The number of carbonyl (C=O) groups is 1. The third-order valence-electron chi connectivity index (χ3n) is 4.20. The molecule has 0 aliphatic carbocycles. The number of pyridine rings is 2. The minimum absolute atomic E-state index is 0.136. The summed E-state index contributed by atoms with van der Waals surface area (Å²) in [7, 11) is 0. The number of benzene rings is 1. The molecule has 1 N–H and O–H groups in total. The first kappa shape index (κ1) is 19.4. The molecule has 2 heterocycles. The Kier molecular flexibility index (Phi) is 6.95. The highest BCUT2D eigenvalue weighted by atomic mass is 16.5. The molecule has 0 aliphatic heterocycles. The van der Waals surface area contributed by atoms with Crippen molar-refractivity contribution in [2.75, 3.05) is 18.1 Å². The molecule has 6 heteroatoms. The predicted molar refractivity (Wildman–Crippen MR) is 108 cm³/mol. The average Bonchev–Trinajstić information content (AvgIpc) is 2.74. The fourth-order valence-corrected chi connectivity index (χ4v) is 2.79. The minimum Gasteiger partial charge on any atom is -0.494 e. The zero-order valence-electron chi connectivity index (χ0n) is 15.6. The van der Waals surface area contributed by atoms with Crippen molar-refractivity contribution in [1.82, 2.24) is 9.97 Å². The summed E-state index contributed by atoms with van der Waals surface area (Å²) in [4.78, 5) is 21.6. The molecule has 6 nitrogen and oxygen atoms in total. The summed E-state index contributed by atoms with van der Waals surface area (Å²) in [5.41, 5.74) is 0.992. The molecule has 0 aliphatic rings. The monoisotopic (exact) mass is 377 g/mol. The molecule has 0 saturated carbocycles. The Hall–Kier alpha value is -3.41. The van der Waals surface area contributed by atoms with E-state index in [4.69, 9.17) is 9.84 Å². The number of aryl methyl sites for hydroxylation is 1. The first-order chi connectivity index (χ1) is 13.7. The van der Waals surface area contributed by atoms with Gasteiger partial charge in [-0.2, -0.15) is 0 Å². The topological polar surface area (TPSA) is 75.6 Å². The Balaban J connectivity index is 1.53. The molecule has 28 heavy (non-hydrogen) atoms. The average molecular weight is 377 g/mol. The number of rotatable bonds is 10. The number of ether oxygens (including phenoxy) is 1. The third-order valence-corrected chi connectivity index (χ3v) is 4.20. The maximum Gasteiger partial charge on any atom is 0.303 e. The van der Waals surface area contributed by atoms with Gasteiger partial charge in [0, 0.05) is 25.4 Å². The van der Waals surface area contributed by atoms with Crippen LogP contribution in [-0.4, -0.2) is 34.2 Å². The largest absolute Gasteiger partial charge is 0.494 e. The molecule has 144 valence electrons. The number of aromatic nitrogens is 2. The van der Waals surface area contributed by atoms with Gasteiger partial charge in [-0.1, -0.05) is 24.3 Å². The third kappa shape index (κ3) is 5.81. The van der Waals surface area contributed by atoms with Gasteiger partial charge in [0.1, 0.15) is 17.4 Å². The molecule has 0 saturated heterocycles. The second-order valence-corrected chi connectivity index (χ2v) is 6.27. The highest BCUT2D eigenvalue weighted by Gasteiger charge is 2.11. The molecule has 0 fully saturated rings. The van der Waals surface area contributed by atoms with E-state index in [-0.39, 0.29) is 6.42 Å². The van der Waals surface area contributed by atoms with Crippen LogP contribution in [0.1, 0.15) is 18.4 Å². The van der Waals surface area contributed by atoms with Crippen molar-refractivity contribution in [1.29, 1.82) is 0 Å². The van der Waals surface area contributed by atoms with Crippen LogP contribution in [0.3, 0.4) is 0 Å². The second-order valence-electron chi connectivity index (χ2n) is 6.27. The predicted octanol–water partition coefficient (Wildman–Crippen LogP) is 4.10. The Morgan fingerprint density at radius 2 is 1.57 bits per heavy atom. The maximum atomic E-state index is 10.6. The zero-order valence-corrected chi connectivity index (χ0v) is 15.6. The van der Waals surface area contributed by atoms with E-state index >= 15 is 0 Å². The number of nitrogens with zero attached hydrogens (tertiary/aromatic N) is 3. The summed E-state index contributed by atoms with van der Waals surface area (Å²) in [6.45, 7) is 1.29. The van der Waals surface area contributed by atoms with Gasteiger partial charge in [0.2, 0.25) is 0 Å². The van der Waals surface area contributed by atoms with Crippen molar-refractivity contribution in [3.63, 3.8) is 0 Å². The lowest BCUT2D eigenvalue weighted by Gasteiger charge is -2.22. The van der Waals surface area contributed by atoms with Gasteiger partial charge in [-0.25, -0.2) is 9.97 Å². The molecule has 0 spiro atoms. The van der Waals surface area contributed by atoms with Crippen LogP contribution in [-0.2, 0) is 11.2 Å². The fourth-order valence-electron chi connectivity index (χ4n) is 2.79. The summed E-state index contributed by atoms with van der Waals surface area (Å²) in [5, 5.41) is 8.74. The van der Waals surface area contributed by atoms with E-state index in [1.807, 2.05) is 60.7 Å². The molecule has 0 unspecified atom stereocenters. The summed E-state index contributed by atoms with van der Waals surface area (Å²) < 4.78 is 5.82. The number of aliphatic carboxylic acids is 1. The molecule has 0 radical (unpaired) electrons. The van der Waals surface area contributed by atoms with Gasteiger partial charge >= 0.3 is 5.97 Å². The lowest BCUT2D eigenvalue weighted by atomic mass is 10.1. The Morgan fingerprint density at radius 1 is 0.929 bits per heavy atom. The highest BCUT2D eigenvalue weighted by molar-refractivity contribution is 5.67. The summed E-state index contributed by atoms with van der Waals surface area (Å²) in [6.07, 6.45) is 5.01. The molecule has 0 atom stereocenters. The van der Waals surface area contributed by atoms with Crippen LogP contribution >= 0.6 is 0 Å². The number of hydrogen-bond donors (Lipinski definition) is 1. The Morgan fingerprint density at radius 3 is 2.11 bits per heavy atom. The van der Waals surface area contributed by atoms with Crippen LogP contribution in [0.5, 0.6) is 5.75 Å². The molecule has 3 rings (SSSR count). The maximum absolute atomic E-state index is 10.6. The van der Waals surface area contributed by atoms with Gasteiger partial charge in [-0.15, -0.1) is 0 Å². The number of carboxylic acid groups (broad SMARTS) is 1. The SMILES string of the molecule is O=C(O)CCc1ccc(OCCCN(c2ccccn2)c2ccccn2)cc1. The van der Waals surface area contributed by atoms with E-state index in [2.05, 4.69) is 14.9 Å². The van der Waals surface area contributed by atoms with E-state index in [1.165, 1.54) is 0 Å². The molecular weight excluding hydrogens is 354 g/mol. The lowest BCUT2D eigenvalue weighted by Crippen LogP contribution is -2.22. The summed E-state index contributed by atoms with van der Waals surface area (Å²) in [6, 6.07) is 19.2. The quantitative estimate of drug-likeness (QED) is 0.536. The molecule has 0 bridgehead atoms. The highest BCUT2D eigenvalue weighted by Crippen LogP contribution is 2.21. The van der Waals surface area contributed by atoms with Crippen LogP contribution < -0.4 is 9.64 Å². The van der Waals surface area contributed by atoms with Crippen molar-refractivity contribution >= 4 is 17.6 Å². The van der Waals surface area contributed by atoms with Crippen molar-refractivity contribution in [3.8, 4) is 5.75 Å². The lowest BCUT2D eigenvalue weighted by molar-refractivity contribution is -0.136. The molecular formula is C22H23N3O3. The first-order valence-electron chi connectivity index (χ1n) is 9.25. The molecule has 1 aromatic carbocycles. The number of hydrogen-bond acceptors (Lipinski definition) is 5. The van der Waals surface area contributed by atoms with Gasteiger partial charge in [0.15, 0.2) is 0 Å². The van der Waals surface area contributed by atoms with Gasteiger partial charge in [-0.05, 0) is 54.8 Å². The van der Waals surface area contributed by atoms with Crippen LogP contribution in [0.4, 0.5) is 11.6 Å². The summed E-state index contributed by atoms with van der Waals surface area (Å²) >= 11 is 0. The first-order valence-corrected chi connectivity index (χ1v) is 9.25. The van der Waals surface area contributed by atoms with Gasteiger partial charge in [0.05, 0.1) is 6.61 Å². The second kappa shape index (κ2) is 10.1. The standard InChI is InChI=1S/C22H23N3O3/c26-22(27)13-10-18-8-11-19(12-9-18)28-17-5-16-25(20-6-1-3-14-23-20)21-7-2-4-15-24-21/h1-4,6-9,11-12,14-15H,5,10,13,16-17H2,(H,26,27). The smallest absolute Gasteiger partial charge is 0.303 e. The number of anilines is 2. The van der Waals surface area contributed by atoms with Crippen LogP contribution in [0.15, 0.2) is 73.1 Å². The van der Waals surface area contributed by atoms with E-state index in [1.54, 1.807) is 12.4 Å². The number of carboxylic acids is 1. The van der Waals surface area contributed by atoms with Crippen molar-refractivity contribution in [2.45, 2.75) is 19.3 Å². The van der Waals surface area contributed by atoms with E-state index in [9.17, 15) is 4.79 Å². The van der Waals surface area contributed by atoms with Gasteiger partial charge < -0.3 is 14.7 Å². The minimum atomic E-state index is -0.786. The molecule has 2 aromatic heterocycles. The van der Waals surface area contributed by atoms with E-state index < -0.39 is 5.97 Å². The fraction of sp³-hybridized carbons (Fsp3) is 0.227.